The highest BCUT2D eigenvalue weighted by Crippen LogP contribution is 2.36. The zero-order valence-corrected chi connectivity index (χ0v) is 21.7. The number of thioether (sulfide) groups is 1. The highest BCUT2D eigenvalue weighted by molar-refractivity contribution is 8.18. The summed E-state index contributed by atoms with van der Waals surface area (Å²) in [6.45, 7) is 2.56. The number of imide groups is 1. The number of benzene rings is 3. The minimum atomic E-state index is -0.369. The van der Waals surface area contributed by atoms with Gasteiger partial charge in [0, 0.05) is 20.6 Å². The van der Waals surface area contributed by atoms with E-state index in [4.69, 9.17) is 44.3 Å². The third-order valence-electron chi connectivity index (χ3n) is 5.16. The summed E-state index contributed by atoms with van der Waals surface area (Å²) >= 11 is 19.6. The normalized spacial score (nSPS) is 14.6. The van der Waals surface area contributed by atoms with Gasteiger partial charge in [0.25, 0.3) is 11.1 Å². The predicted molar refractivity (Wildman–Crippen MR) is 141 cm³/mol. The van der Waals surface area contributed by atoms with Gasteiger partial charge in [0.2, 0.25) is 0 Å². The monoisotopic (exact) mass is 547 g/mol. The second-order valence-corrected chi connectivity index (χ2v) is 9.70. The third kappa shape index (κ3) is 5.96. The summed E-state index contributed by atoms with van der Waals surface area (Å²) < 4.78 is 11.7. The van der Waals surface area contributed by atoms with Gasteiger partial charge in [-0.3, -0.25) is 14.5 Å². The number of halogens is 3. The molecule has 0 spiro atoms. The van der Waals surface area contributed by atoms with Gasteiger partial charge in [0.15, 0.2) is 11.5 Å². The Hall–Kier alpha value is -2.64. The molecule has 1 aliphatic rings. The lowest BCUT2D eigenvalue weighted by atomic mass is 10.1. The summed E-state index contributed by atoms with van der Waals surface area (Å²) in [5.74, 6) is 0.637. The molecule has 0 radical (unpaired) electrons. The van der Waals surface area contributed by atoms with Crippen molar-refractivity contribution < 1.29 is 19.1 Å². The number of carbonyl (C=O) groups excluding carboxylic acids is 2. The second kappa shape index (κ2) is 11.4. The standard InChI is InChI=1S/C26H20Cl3NO4S/c1-2-33-23-12-16(10-11-22(23)34-15-18-20(28)8-5-9-21(18)29)13-24-25(31)30(26(32)35-24)14-17-6-3-4-7-19(17)27/h3-13H,2,14-15H2,1H3/b24-13-. The number of carbonyl (C=O) groups is 2. The van der Waals surface area contributed by atoms with Crippen molar-refractivity contribution in [3.63, 3.8) is 0 Å². The summed E-state index contributed by atoms with van der Waals surface area (Å²) in [5, 5.41) is 1.19. The van der Waals surface area contributed by atoms with E-state index in [1.54, 1.807) is 60.7 Å². The molecular formula is C26H20Cl3NO4S. The topological polar surface area (TPSA) is 55.8 Å². The first-order valence-electron chi connectivity index (χ1n) is 10.7. The number of nitrogens with zero attached hydrogens (tertiary/aromatic N) is 1. The van der Waals surface area contributed by atoms with E-state index in [1.807, 2.05) is 13.0 Å². The Balaban J connectivity index is 1.53. The van der Waals surface area contributed by atoms with E-state index >= 15 is 0 Å². The first kappa shape index (κ1) is 25.5. The molecular weight excluding hydrogens is 529 g/mol. The first-order chi connectivity index (χ1) is 16.9. The molecule has 3 aromatic rings. The Kier molecular flexibility index (Phi) is 8.29. The largest absolute Gasteiger partial charge is 0.490 e. The summed E-state index contributed by atoms with van der Waals surface area (Å²) in [6.07, 6.45) is 1.66. The molecule has 9 heteroatoms. The molecule has 1 fully saturated rings. The van der Waals surface area contributed by atoms with Gasteiger partial charge in [-0.25, -0.2) is 0 Å². The van der Waals surface area contributed by atoms with Crippen molar-refractivity contribution in [3.05, 3.63) is 97.3 Å². The number of hydrogen-bond donors (Lipinski definition) is 0. The Morgan fingerprint density at radius 1 is 0.886 bits per heavy atom. The van der Waals surface area contributed by atoms with Crippen LogP contribution in [0.5, 0.6) is 11.5 Å². The highest BCUT2D eigenvalue weighted by Gasteiger charge is 2.35. The molecule has 0 N–H and O–H groups in total. The van der Waals surface area contributed by atoms with E-state index in [2.05, 4.69) is 0 Å². The van der Waals surface area contributed by atoms with Crippen LogP contribution < -0.4 is 9.47 Å². The maximum atomic E-state index is 12.9. The van der Waals surface area contributed by atoms with Gasteiger partial charge in [-0.15, -0.1) is 0 Å². The van der Waals surface area contributed by atoms with Crippen molar-refractivity contribution >= 4 is 63.8 Å². The van der Waals surface area contributed by atoms with Crippen LogP contribution in [0.15, 0.2) is 65.6 Å². The third-order valence-corrected chi connectivity index (χ3v) is 7.14. The summed E-state index contributed by atoms with van der Waals surface area (Å²) in [6, 6.07) is 17.7. The Morgan fingerprint density at radius 2 is 1.60 bits per heavy atom. The molecule has 0 aromatic heterocycles. The quantitative estimate of drug-likeness (QED) is 0.268. The molecule has 0 unspecified atom stereocenters. The van der Waals surface area contributed by atoms with E-state index in [-0.39, 0.29) is 24.3 Å². The van der Waals surface area contributed by atoms with Gasteiger partial charge >= 0.3 is 0 Å². The zero-order chi connectivity index (χ0) is 24.9. The van der Waals surface area contributed by atoms with Crippen LogP contribution in [0.4, 0.5) is 4.79 Å². The first-order valence-corrected chi connectivity index (χ1v) is 12.6. The molecule has 180 valence electrons. The second-order valence-electron chi connectivity index (χ2n) is 7.49. The van der Waals surface area contributed by atoms with Crippen LogP contribution >= 0.6 is 46.6 Å². The molecule has 1 heterocycles. The SMILES string of the molecule is CCOc1cc(/C=C2\SC(=O)N(Cc3ccccc3Cl)C2=O)ccc1OCc1c(Cl)cccc1Cl. The average Bonchev–Trinajstić information content (AvgIpc) is 3.09. The highest BCUT2D eigenvalue weighted by atomic mass is 35.5. The molecule has 1 aliphatic heterocycles. The van der Waals surface area contributed by atoms with E-state index in [0.717, 1.165) is 11.8 Å². The number of hydrogen-bond acceptors (Lipinski definition) is 5. The lowest BCUT2D eigenvalue weighted by Crippen LogP contribution is -2.27. The minimum absolute atomic E-state index is 0.114. The van der Waals surface area contributed by atoms with Gasteiger partial charge in [-0.1, -0.05) is 65.1 Å². The smallest absolute Gasteiger partial charge is 0.293 e. The van der Waals surface area contributed by atoms with Crippen LogP contribution in [0.3, 0.4) is 0 Å². The molecule has 2 amide bonds. The molecule has 35 heavy (non-hydrogen) atoms. The maximum absolute atomic E-state index is 12.9. The van der Waals surface area contributed by atoms with Gasteiger partial charge < -0.3 is 9.47 Å². The maximum Gasteiger partial charge on any atom is 0.293 e. The van der Waals surface area contributed by atoms with Crippen LogP contribution in [0, 0.1) is 0 Å². The van der Waals surface area contributed by atoms with Crippen LogP contribution in [-0.4, -0.2) is 22.7 Å². The van der Waals surface area contributed by atoms with Crippen molar-refractivity contribution in [1.82, 2.24) is 4.90 Å². The fourth-order valence-corrected chi connectivity index (χ4v) is 4.95. The molecule has 0 atom stereocenters. The number of rotatable bonds is 8. The predicted octanol–water partition coefficient (Wildman–Crippen LogP) is 7.86. The van der Waals surface area contributed by atoms with Crippen LogP contribution in [0.1, 0.15) is 23.6 Å². The fraction of sp³-hybridized carbons (Fsp3) is 0.154. The summed E-state index contributed by atoms with van der Waals surface area (Å²) in [5.41, 5.74) is 2.07. The summed E-state index contributed by atoms with van der Waals surface area (Å²) in [7, 11) is 0. The lowest BCUT2D eigenvalue weighted by Gasteiger charge is -2.14. The van der Waals surface area contributed by atoms with Gasteiger partial charge in [0.1, 0.15) is 6.61 Å². The molecule has 4 rings (SSSR count). The van der Waals surface area contributed by atoms with Crippen LogP contribution in [-0.2, 0) is 17.9 Å². The molecule has 3 aromatic carbocycles. The zero-order valence-electron chi connectivity index (χ0n) is 18.6. The van der Waals surface area contributed by atoms with E-state index in [0.29, 0.717) is 54.8 Å². The number of amides is 2. The fourth-order valence-electron chi connectivity index (χ4n) is 3.41. The van der Waals surface area contributed by atoms with Crippen LogP contribution in [0.25, 0.3) is 6.08 Å². The molecule has 0 aliphatic carbocycles. The van der Waals surface area contributed by atoms with Crippen LogP contribution in [0.2, 0.25) is 15.1 Å². The Labute approximate surface area is 222 Å². The lowest BCUT2D eigenvalue weighted by molar-refractivity contribution is -0.123. The van der Waals surface area contributed by atoms with Crippen molar-refractivity contribution in [2.45, 2.75) is 20.1 Å². The minimum Gasteiger partial charge on any atom is -0.490 e. The van der Waals surface area contributed by atoms with Gasteiger partial charge in [0.05, 0.1) is 18.1 Å². The molecule has 5 nitrogen and oxygen atoms in total. The van der Waals surface area contributed by atoms with Crippen molar-refractivity contribution in [3.8, 4) is 11.5 Å². The molecule has 0 saturated carbocycles. The van der Waals surface area contributed by atoms with Crippen molar-refractivity contribution in [2.75, 3.05) is 6.61 Å². The molecule has 0 bridgehead atoms. The number of ether oxygens (including phenoxy) is 2. The van der Waals surface area contributed by atoms with Crippen molar-refractivity contribution in [1.29, 1.82) is 0 Å². The Bertz CT molecular complexity index is 1290. The van der Waals surface area contributed by atoms with E-state index in [1.165, 1.54) is 4.90 Å². The van der Waals surface area contributed by atoms with Gasteiger partial charge in [-0.05, 0) is 66.2 Å². The van der Waals surface area contributed by atoms with E-state index < -0.39 is 0 Å². The van der Waals surface area contributed by atoms with Crippen molar-refractivity contribution in [2.24, 2.45) is 0 Å². The summed E-state index contributed by atoms with van der Waals surface area (Å²) in [4.78, 5) is 27.0. The van der Waals surface area contributed by atoms with Gasteiger partial charge in [-0.2, -0.15) is 0 Å². The molecule has 1 saturated heterocycles. The Morgan fingerprint density at radius 3 is 2.31 bits per heavy atom. The average molecular weight is 549 g/mol. The van der Waals surface area contributed by atoms with E-state index in [9.17, 15) is 9.59 Å².